The number of carbonyl (C=O) groups excluding carboxylic acids is 1. The van der Waals surface area contributed by atoms with Gasteiger partial charge in [0.2, 0.25) is 0 Å². The summed E-state index contributed by atoms with van der Waals surface area (Å²) in [4.78, 5) is 31.8. The lowest BCUT2D eigenvalue weighted by Gasteiger charge is -2.19. The Hall–Kier alpha value is -3.00. The van der Waals surface area contributed by atoms with E-state index in [0.29, 0.717) is 31.0 Å². The van der Waals surface area contributed by atoms with Crippen LogP contribution in [0.1, 0.15) is 33.9 Å². The van der Waals surface area contributed by atoms with Crippen LogP contribution in [0, 0.1) is 6.92 Å². The average molecular weight is 353 g/mol. The summed E-state index contributed by atoms with van der Waals surface area (Å²) >= 11 is 0. The van der Waals surface area contributed by atoms with E-state index in [-0.39, 0.29) is 23.6 Å². The lowest BCUT2D eigenvalue weighted by Crippen LogP contribution is -2.36. The predicted molar refractivity (Wildman–Crippen MR) is 93.7 cm³/mol. The number of carbonyl (C=O) groups is 1. The molecule has 0 saturated carbocycles. The van der Waals surface area contributed by atoms with Crippen molar-refractivity contribution in [3.63, 3.8) is 0 Å². The molecular formula is C18H19N5O3. The molecule has 8 heteroatoms. The predicted octanol–water partition coefficient (Wildman–Crippen LogP) is 0.738. The molecule has 26 heavy (non-hydrogen) atoms. The summed E-state index contributed by atoms with van der Waals surface area (Å²) in [5.74, 6) is -0.333. The van der Waals surface area contributed by atoms with Crippen molar-refractivity contribution < 1.29 is 9.90 Å². The Morgan fingerprint density at radius 1 is 1.31 bits per heavy atom. The first-order chi connectivity index (χ1) is 12.6. The zero-order valence-corrected chi connectivity index (χ0v) is 14.4. The van der Waals surface area contributed by atoms with Crippen LogP contribution in [0.5, 0.6) is 0 Å². The van der Waals surface area contributed by atoms with Gasteiger partial charge in [0, 0.05) is 25.0 Å². The van der Waals surface area contributed by atoms with E-state index in [1.807, 2.05) is 23.7 Å². The first kappa shape index (κ1) is 16.5. The van der Waals surface area contributed by atoms with Gasteiger partial charge in [-0.1, -0.05) is 6.07 Å². The van der Waals surface area contributed by atoms with E-state index in [2.05, 4.69) is 10.1 Å². The molecule has 134 valence electrons. The van der Waals surface area contributed by atoms with Crippen molar-refractivity contribution in [1.29, 1.82) is 0 Å². The zero-order chi connectivity index (χ0) is 18.3. The van der Waals surface area contributed by atoms with Gasteiger partial charge in [0.25, 0.3) is 11.5 Å². The summed E-state index contributed by atoms with van der Waals surface area (Å²) < 4.78 is 3.27. The number of aliphatic hydroxyl groups excluding tert-OH is 1. The third-order valence-electron chi connectivity index (χ3n) is 4.67. The molecule has 1 aliphatic heterocycles. The maximum Gasteiger partial charge on any atom is 0.270 e. The largest absolute Gasteiger partial charge is 0.390 e. The van der Waals surface area contributed by atoms with Crippen molar-refractivity contribution in [2.45, 2.75) is 33.0 Å². The quantitative estimate of drug-likeness (QED) is 0.733. The summed E-state index contributed by atoms with van der Waals surface area (Å²) in [6.45, 7) is 3.23. The van der Waals surface area contributed by atoms with Crippen LogP contribution < -0.4 is 5.56 Å². The molecule has 0 aliphatic carbocycles. The lowest BCUT2D eigenvalue weighted by atomic mass is 10.2. The highest BCUT2D eigenvalue weighted by atomic mass is 16.3. The van der Waals surface area contributed by atoms with Crippen LogP contribution in [-0.2, 0) is 19.7 Å². The fourth-order valence-corrected chi connectivity index (χ4v) is 3.36. The molecule has 1 amide bonds. The van der Waals surface area contributed by atoms with Crippen molar-refractivity contribution >= 4 is 11.6 Å². The molecule has 0 fully saturated rings. The number of hydrogen-bond acceptors (Lipinski definition) is 5. The molecule has 0 bridgehead atoms. The van der Waals surface area contributed by atoms with E-state index in [9.17, 15) is 14.7 Å². The molecule has 4 heterocycles. The van der Waals surface area contributed by atoms with Crippen LogP contribution in [0.2, 0.25) is 0 Å². The van der Waals surface area contributed by atoms with Crippen molar-refractivity contribution in [3.8, 4) is 0 Å². The van der Waals surface area contributed by atoms with Gasteiger partial charge in [-0.3, -0.25) is 18.7 Å². The highest BCUT2D eigenvalue weighted by Crippen LogP contribution is 2.16. The normalized spacial score (nSPS) is 14.3. The molecule has 0 radical (unpaired) electrons. The Labute approximate surface area is 149 Å². The van der Waals surface area contributed by atoms with Gasteiger partial charge in [-0.25, -0.2) is 4.98 Å². The second-order valence-electron chi connectivity index (χ2n) is 6.43. The minimum absolute atomic E-state index is 0.0622. The van der Waals surface area contributed by atoms with Crippen LogP contribution in [0.25, 0.3) is 5.65 Å². The molecule has 1 aliphatic rings. The van der Waals surface area contributed by atoms with Gasteiger partial charge < -0.3 is 10.0 Å². The van der Waals surface area contributed by atoms with Crippen LogP contribution >= 0.6 is 0 Å². The maximum absolute atomic E-state index is 13.0. The number of aromatic nitrogens is 4. The van der Waals surface area contributed by atoms with E-state index in [4.69, 9.17) is 0 Å². The highest BCUT2D eigenvalue weighted by Gasteiger charge is 2.24. The van der Waals surface area contributed by atoms with Crippen LogP contribution in [0.4, 0.5) is 0 Å². The smallest absolute Gasteiger partial charge is 0.270 e. The second kappa shape index (κ2) is 6.38. The van der Waals surface area contributed by atoms with Crippen molar-refractivity contribution in [1.82, 2.24) is 24.1 Å². The molecule has 0 unspecified atom stereocenters. The van der Waals surface area contributed by atoms with E-state index in [1.54, 1.807) is 17.0 Å². The first-order valence-corrected chi connectivity index (χ1v) is 8.51. The number of hydrogen-bond donors (Lipinski definition) is 1. The topological polar surface area (TPSA) is 92.7 Å². The van der Waals surface area contributed by atoms with Crippen molar-refractivity contribution in [2.75, 3.05) is 6.54 Å². The van der Waals surface area contributed by atoms with Crippen molar-refractivity contribution in [3.05, 3.63) is 63.5 Å². The minimum Gasteiger partial charge on any atom is -0.390 e. The SMILES string of the molecule is Cc1cccc2ncc(C(=O)N3CCCn4nc(CO)cc4C3)c(=O)n12. The Balaban J connectivity index is 1.71. The number of amides is 1. The van der Waals surface area contributed by atoms with Crippen LogP contribution in [0.3, 0.4) is 0 Å². The number of pyridine rings is 1. The maximum atomic E-state index is 13.0. The number of nitrogens with zero attached hydrogens (tertiary/aromatic N) is 5. The number of aryl methyl sites for hydroxylation is 2. The Morgan fingerprint density at radius 3 is 2.96 bits per heavy atom. The lowest BCUT2D eigenvalue weighted by molar-refractivity contribution is 0.0743. The molecule has 0 atom stereocenters. The van der Waals surface area contributed by atoms with Crippen LogP contribution in [0.15, 0.2) is 35.3 Å². The van der Waals surface area contributed by atoms with E-state index in [1.165, 1.54) is 10.6 Å². The molecule has 4 rings (SSSR count). The fourth-order valence-electron chi connectivity index (χ4n) is 3.36. The van der Waals surface area contributed by atoms with E-state index < -0.39 is 0 Å². The summed E-state index contributed by atoms with van der Waals surface area (Å²) in [7, 11) is 0. The average Bonchev–Trinajstić information content (AvgIpc) is 2.92. The Morgan fingerprint density at radius 2 is 2.15 bits per heavy atom. The van der Waals surface area contributed by atoms with Gasteiger partial charge >= 0.3 is 0 Å². The number of aliphatic hydroxyl groups is 1. The molecule has 0 spiro atoms. The molecule has 3 aromatic heterocycles. The number of rotatable bonds is 2. The molecule has 0 aromatic carbocycles. The van der Waals surface area contributed by atoms with Crippen molar-refractivity contribution in [2.24, 2.45) is 0 Å². The Bertz CT molecular complexity index is 1050. The van der Waals surface area contributed by atoms with Gasteiger partial charge in [0.1, 0.15) is 11.2 Å². The molecule has 8 nitrogen and oxygen atoms in total. The van der Waals surface area contributed by atoms with Gasteiger partial charge in [-0.2, -0.15) is 5.10 Å². The number of fused-ring (bicyclic) bond motifs is 2. The first-order valence-electron chi connectivity index (χ1n) is 8.51. The summed E-state index contributed by atoms with van der Waals surface area (Å²) in [6, 6.07) is 7.17. The Kier molecular flexibility index (Phi) is 4.04. The molecule has 3 aromatic rings. The van der Waals surface area contributed by atoms with E-state index in [0.717, 1.165) is 17.8 Å². The monoisotopic (exact) mass is 353 g/mol. The van der Waals surface area contributed by atoms with Gasteiger partial charge in [0.05, 0.1) is 24.5 Å². The van der Waals surface area contributed by atoms with Gasteiger partial charge in [-0.15, -0.1) is 0 Å². The minimum atomic E-state index is -0.355. The molecule has 1 N–H and O–H groups in total. The van der Waals surface area contributed by atoms with Gasteiger partial charge in [-0.05, 0) is 31.5 Å². The second-order valence-corrected chi connectivity index (χ2v) is 6.43. The molecule has 0 saturated heterocycles. The summed E-state index contributed by atoms with van der Waals surface area (Å²) in [5.41, 5.74) is 2.39. The standard InChI is InChI=1S/C18H19N5O3/c1-12-4-2-5-16-19-9-15(18(26)23(12)16)17(25)21-6-3-7-22-14(10-21)8-13(11-24)20-22/h2,4-5,8-9,24H,3,6-7,10-11H2,1H3. The third kappa shape index (κ3) is 2.68. The van der Waals surface area contributed by atoms with Gasteiger partial charge in [0.15, 0.2) is 0 Å². The third-order valence-corrected chi connectivity index (χ3v) is 4.67. The fraction of sp³-hybridized carbons (Fsp3) is 0.333. The molecular weight excluding hydrogens is 334 g/mol. The summed E-state index contributed by atoms with van der Waals surface area (Å²) in [5, 5.41) is 13.6. The summed E-state index contributed by atoms with van der Waals surface area (Å²) in [6.07, 6.45) is 2.09. The van der Waals surface area contributed by atoms with E-state index >= 15 is 0 Å². The van der Waals surface area contributed by atoms with Crippen LogP contribution in [-0.4, -0.2) is 41.6 Å². The zero-order valence-electron chi connectivity index (χ0n) is 14.4. The highest BCUT2D eigenvalue weighted by molar-refractivity contribution is 5.93.